The van der Waals surface area contributed by atoms with Crippen molar-refractivity contribution in [1.82, 2.24) is 30.2 Å². The summed E-state index contributed by atoms with van der Waals surface area (Å²) in [5.74, 6) is -2.60. The van der Waals surface area contributed by atoms with Gasteiger partial charge in [0.15, 0.2) is 0 Å². The number of hydrogen-bond donors (Lipinski definition) is 3. The number of carbonyl (C=O) groups is 4. The van der Waals surface area contributed by atoms with Crippen LogP contribution in [0.15, 0.2) is 30.5 Å². The molecule has 1 aromatic heterocycles. The molecule has 1 aliphatic carbocycles. The number of halogens is 1. The van der Waals surface area contributed by atoms with Gasteiger partial charge in [-0.15, -0.1) is 0 Å². The zero-order valence-corrected chi connectivity index (χ0v) is 27.1. The van der Waals surface area contributed by atoms with E-state index in [-0.39, 0.29) is 35.9 Å². The largest absolute Gasteiger partial charge is 0.344 e. The molecule has 45 heavy (non-hydrogen) atoms. The fourth-order valence-electron chi connectivity index (χ4n) is 6.20. The van der Waals surface area contributed by atoms with Gasteiger partial charge in [-0.2, -0.15) is 5.10 Å². The molecule has 12 heteroatoms. The number of hydrogen-bond acceptors (Lipinski definition) is 6. The van der Waals surface area contributed by atoms with E-state index >= 15 is 4.39 Å². The summed E-state index contributed by atoms with van der Waals surface area (Å²) in [5.41, 5.74) is 0.866. The van der Waals surface area contributed by atoms with Gasteiger partial charge in [-0.25, -0.2) is 4.39 Å². The van der Waals surface area contributed by atoms with E-state index in [9.17, 15) is 19.2 Å². The summed E-state index contributed by atoms with van der Waals surface area (Å²) in [6, 6.07) is 4.33. The van der Waals surface area contributed by atoms with Crippen molar-refractivity contribution in [2.24, 2.45) is 5.92 Å². The van der Waals surface area contributed by atoms with Crippen molar-refractivity contribution in [3.05, 3.63) is 47.5 Å². The number of nitrogens with one attached hydrogen (secondary N) is 3. The van der Waals surface area contributed by atoms with Crippen molar-refractivity contribution in [2.75, 3.05) is 38.5 Å². The molecule has 0 unspecified atom stereocenters. The van der Waals surface area contributed by atoms with Gasteiger partial charge in [-0.05, 0) is 63.4 Å². The Balaban J connectivity index is 1.51. The summed E-state index contributed by atoms with van der Waals surface area (Å²) in [5, 5.41) is 12.7. The number of piperazine rings is 1. The van der Waals surface area contributed by atoms with Crippen LogP contribution in [0.4, 0.5) is 10.1 Å². The fourth-order valence-corrected chi connectivity index (χ4v) is 6.20. The molecular formula is C33H48FN7O4. The number of likely N-dealkylation sites (N-methyl/N-ethyl adjacent to an activating group) is 1. The average molecular weight is 626 g/mol. The van der Waals surface area contributed by atoms with Crippen LogP contribution in [0, 0.1) is 11.7 Å². The SMILES string of the molecule is CCC(=O)N[C@@H](C(=O)N1CCN(C)CC1)[C@@H](C)c1ccc(NC(=O)[C@@H](NC(=O)c2ccnn2C(C)C)C2CCCCC2)c(F)c1. The second kappa shape index (κ2) is 15.5. The molecule has 2 aromatic rings. The molecule has 0 spiro atoms. The lowest BCUT2D eigenvalue weighted by molar-refractivity contribution is -0.138. The highest BCUT2D eigenvalue weighted by Crippen LogP contribution is 2.29. The third-order valence-corrected chi connectivity index (χ3v) is 9.08. The molecular weight excluding hydrogens is 577 g/mol. The number of benzene rings is 1. The zero-order chi connectivity index (χ0) is 32.7. The van der Waals surface area contributed by atoms with Crippen LogP contribution in [0.5, 0.6) is 0 Å². The lowest BCUT2D eigenvalue weighted by atomic mass is 9.83. The van der Waals surface area contributed by atoms with Crippen molar-refractivity contribution >= 4 is 29.3 Å². The van der Waals surface area contributed by atoms with E-state index in [4.69, 9.17) is 0 Å². The molecule has 1 aromatic carbocycles. The predicted molar refractivity (Wildman–Crippen MR) is 170 cm³/mol. The number of aromatic nitrogens is 2. The first-order valence-electron chi connectivity index (χ1n) is 16.2. The van der Waals surface area contributed by atoms with Crippen molar-refractivity contribution < 1.29 is 23.6 Å². The summed E-state index contributed by atoms with van der Waals surface area (Å²) in [4.78, 5) is 56.7. The van der Waals surface area contributed by atoms with Crippen LogP contribution in [0.25, 0.3) is 0 Å². The molecule has 2 aliphatic rings. The minimum absolute atomic E-state index is 0.0160. The summed E-state index contributed by atoms with van der Waals surface area (Å²) in [6.07, 6.45) is 6.33. The summed E-state index contributed by atoms with van der Waals surface area (Å²) in [6.45, 7) is 9.93. The van der Waals surface area contributed by atoms with Crippen LogP contribution < -0.4 is 16.0 Å². The number of anilines is 1. The van der Waals surface area contributed by atoms with E-state index in [1.54, 1.807) is 41.8 Å². The smallest absolute Gasteiger partial charge is 0.270 e. The third kappa shape index (κ3) is 8.47. The molecule has 4 rings (SSSR count). The van der Waals surface area contributed by atoms with Crippen LogP contribution in [-0.2, 0) is 14.4 Å². The van der Waals surface area contributed by atoms with Gasteiger partial charge in [-0.3, -0.25) is 23.9 Å². The summed E-state index contributed by atoms with van der Waals surface area (Å²) < 4.78 is 17.2. The maximum Gasteiger partial charge on any atom is 0.270 e. The topological polar surface area (TPSA) is 129 Å². The van der Waals surface area contributed by atoms with Crippen LogP contribution >= 0.6 is 0 Å². The lowest BCUT2D eigenvalue weighted by Gasteiger charge is -2.36. The molecule has 1 aliphatic heterocycles. The standard InChI is InChI=1S/C33H48FN7O4/c1-6-28(42)37-29(33(45)40-18-16-39(5)17-19-40)22(4)24-12-13-26(25(34)20-24)36-32(44)30(23-10-8-7-9-11-23)38-31(43)27-14-15-35-41(27)21(2)3/h12-15,20-23,29-30H,6-11,16-19H2,1-5H3,(H,36,44)(H,37,42)(H,38,43)/t22-,29+,30-/m0/s1. The van der Waals surface area contributed by atoms with E-state index < -0.39 is 35.6 Å². The number of rotatable bonds is 11. The van der Waals surface area contributed by atoms with Gasteiger partial charge in [0.05, 0.1) is 5.69 Å². The first-order chi connectivity index (χ1) is 21.5. The molecule has 2 heterocycles. The van der Waals surface area contributed by atoms with Gasteiger partial charge in [0.1, 0.15) is 23.6 Å². The Kier molecular flexibility index (Phi) is 11.7. The van der Waals surface area contributed by atoms with Crippen molar-refractivity contribution in [3.63, 3.8) is 0 Å². The van der Waals surface area contributed by atoms with Gasteiger partial charge in [0.2, 0.25) is 17.7 Å². The molecule has 1 saturated carbocycles. The number of carbonyl (C=O) groups excluding carboxylic acids is 4. The van der Waals surface area contributed by atoms with Gasteiger partial charge >= 0.3 is 0 Å². The van der Waals surface area contributed by atoms with Crippen LogP contribution in [0.2, 0.25) is 0 Å². The minimum Gasteiger partial charge on any atom is -0.344 e. The molecule has 3 atom stereocenters. The van der Waals surface area contributed by atoms with Crippen LogP contribution in [-0.4, -0.2) is 88.5 Å². The second-order valence-electron chi connectivity index (χ2n) is 12.6. The Labute approximate surface area is 265 Å². The predicted octanol–water partition coefficient (Wildman–Crippen LogP) is 3.69. The Morgan fingerprint density at radius 1 is 0.978 bits per heavy atom. The zero-order valence-electron chi connectivity index (χ0n) is 27.1. The Morgan fingerprint density at radius 3 is 2.29 bits per heavy atom. The number of nitrogens with zero attached hydrogens (tertiary/aromatic N) is 4. The molecule has 1 saturated heterocycles. The first-order valence-corrected chi connectivity index (χ1v) is 16.2. The van der Waals surface area contributed by atoms with Crippen molar-refractivity contribution in [3.8, 4) is 0 Å². The van der Waals surface area contributed by atoms with Gasteiger partial charge in [0, 0.05) is 50.8 Å². The second-order valence-corrected chi connectivity index (χ2v) is 12.6. The molecule has 11 nitrogen and oxygen atoms in total. The Bertz CT molecular complexity index is 1350. The Hall–Kier alpha value is -3.80. The van der Waals surface area contributed by atoms with E-state index in [0.717, 1.165) is 45.2 Å². The van der Waals surface area contributed by atoms with E-state index in [0.29, 0.717) is 24.3 Å². The van der Waals surface area contributed by atoms with Gasteiger partial charge in [0.25, 0.3) is 5.91 Å². The quantitative estimate of drug-likeness (QED) is 0.350. The highest BCUT2D eigenvalue weighted by Gasteiger charge is 2.34. The molecule has 3 N–H and O–H groups in total. The maximum absolute atomic E-state index is 15.6. The van der Waals surface area contributed by atoms with Crippen molar-refractivity contribution in [2.45, 2.75) is 90.3 Å². The minimum atomic E-state index is -0.856. The molecule has 246 valence electrons. The number of amides is 4. The van der Waals surface area contributed by atoms with Crippen molar-refractivity contribution in [1.29, 1.82) is 0 Å². The molecule has 0 bridgehead atoms. The summed E-state index contributed by atoms with van der Waals surface area (Å²) in [7, 11) is 2.00. The van der Waals surface area contributed by atoms with E-state index in [2.05, 4.69) is 25.9 Å². The normalized spacial score (nSPS) is 18.2. The maximum atomic E-state index is 15.6. The first kappa shape index (κ1) is 34.1. The average Bonchev–Trinajstić information content (AvgIpc) is 3.54. The Morgan fingerprint density at radius 2 is 1.67 bits per heavy atom. The molecule has 4 amide bonds. The van der Waals surface area contributed by atoms with E-state index in [1.165, 1.54) is 12.1 Å². The highest BCUT2D eigenvalue weighted by molar-refractivity contribution is 6.00. The van der Waals surface area contributed by atoms with Gasteiger partial charge < -0.3 is 25.8 Å². The molecule has 2 fully saturated rings. The highest BCUT2D eigenvalue weighted by atomic mass is 19.1. The van der Waals surface area contributed by atoms with Crippen LogP contribution in [0.3, 0.4) is 0 Å². The van der Waals surface area contributed by atoms with Gasteiger partial charge in [-0.1, -0.05) is 39.2 Å². The third-order valence-electron chi connectivity index (χ3n) is 9.08. The van der Waals surface area contributed by atoms with Crippen LogP contribution in [0.1, 0.15) is 94.2 Å². The molecule has 0 radical (unpaired) electrons. The monoisotopic (exact) mass is 625 g/mol. The fraction of sp³-hybridized carbons (Fsp3) is 0.606. The summed E-state index contributed by atoms with van der Waals surface area (Å²) >= 11 is 0. The lowest BCUT2D eigenvalue weighted by Crippen LogP contribution is -2.55. The van der Waals surface area contributed by atoms with E-state index in [1.807, 2.05) is 20.9 Å².